The van der Waals surface area contributed by atoms with Crippen LogP contribution in [0.4, 0.5) is 19.3 Å². The first-order valence-electron chi connectivity index (χ1n) is 9.88. The summed E-state index contributed by atoms with van der Waals surface area (Å²) in [6.07, 6.45) is 6.07. The van der Waals surface area contributed by atoms with E-state index in [1.165, 1.54) is 0 Å². The van der Waals surface area contributed by atoms with Crippen LogP contribution >= 0.6 is 0 Å². The van der Waals surface area contributed by atoms with Crippen molar-refractivity contribution in [2.75, 3.05) is 31.1 Å². The number of pyridine rings is 1. The molecule has 1 aromatic carbocycles. The maximum absolute atomic E-state index is 12.8. The average molecular weight is 402 g/mol. The predicted molar refractivity (Wildman–Crippen MR) is 105 cm³/mol. The first kappa shape index (κ1) is 19.4. The lowest BCUT2D eigenvalue weighted by Gasteiger charge is -2.37. The van der Waals surface area contributed by atoms with Gasteiger partial charge in [-0.05, 0) is 54.7 Å². The van der Waals surface area contributed by atoms with Gasteiger partial charge in [-0.15, -0.1) is 0 Å². The zero-order valence-corrected chi connectivity index (χ0v) is 16.1. The Bertz CT molecular complexity index is 842. The third-order valence-corrected chi connectivity index (χ3v) is 5.55. The van der Waals surface area contributed by atoms with Crippen LogP contribution in [0.1, 0.15) is 30.0 Å². The van der Waals surface area contributed by atoms with Crippen molar-refractivity contribution in [3.05, 3.63) is 53.9 Å². The molecule has 4 rings (SSSR count). The van der Waals surface area contributed by atoms with Gasteiger partial charge in [-0.25, -0.2) is 4.79 Å². The number of nitrogens with one attached hydrogen (secondary N) is 1. The summed E-state index contributed by atoms with van der Waals surface area (Å²) >= 11 is 0. The molecule has 1 atom stereocenters. The molecule has 8 heteroatoms. The van der Waals surface area contributed by atoms with Crippen LogP contribution in [0.2, 0.25) is 0 Å². The number of anilines is 1. The molecule has 154 valence electrons. The summed E-state index contributed by atoms with van der Waals surface area (Å²) in [4.78, 5) is 20.9. The van der Waals surface area contributed by atoms with Crippen molar-refractivity contribution in [1.82, 2.24) is 15.2 Å². The molecule has 0 saturated carbocycles. The largest absolute Gasteiger partial charge is 0.435 e. The van der Waals surface area contributed by atoms with Crippen LogP contribution in [0.3, 0.4) is 0 Å². The molecule has 1 aromatic heterocycles. The van der Waals surface area contributed by atoms with Crippen molar-refractivity contribution in [1.29, 1.82) is 0 Å². The number of ether oxygens (including phenoxy) is 1. The van der Waals surface area contributed by atoms with E-state index in [4.69, 9.17) is 0 Å². The van der Waals surface area contributed by atoms with Crippen molar-refractivity contribution in [3.8, 4) is 5.75 Å². The summed E-state index contributed by atoms with van der Waals surface area (Å²) in [5, 5.41) is 3.13. The van der Waals surface area contributed by atoms with Crippen molar-refractivity contribution < 1.29 is 18.3 Å². The molecule has 2 heterocycles. The summed E-state index contributed by atoms with van der Waals surface area (Å²) in [5.74, 6) is 0.165. The maximum Gasteiger partial charge on any atom is 0.387 e. The van der Waals surface area contributed by atoms with Gasteiger partial charge in [-0.3, -0.25) is 4.98 Å². The lowest BCUT2D eigenvalue weighted by atomic mass is 9.87. The van der Waals surface area contributed by atoms with E-state index in [9.17, 15) is 13.6 Å². The normalized spacial score (nSPS) is 19.1. The van der Waals surface area contributed by atoms with Gasteiger partial charge >= 0.3 is 12.6 Å². The van der Waals surface area contributed by atoms with E-state index in [1.54, 1.807) is 30.6 Å². The van der Waals surface area contributed by atoms with Gasteiger partial charge in [-0.1, -0.05) is 6.07 Å². The van der Waals surface area contributed by atoms with Gasteiger partial charge in [0.05, 0.1) is 6.04 Å². The molecule has 6 nitrogen and oxygen atoms in total. The van der Waals surface area contributed by atoms with Gasteiger partial charge in [0, 0.05) is 44.3 Å². The van der Waals surface area contributed by atoms with Crippen molar-refractivity contribution in [2.24, 2.45) is 0 Å². The minimum Gasteiger partial charge on any atom is -0.435 e. The van der Waals surface area contributed by atoms with E-state index in [1.807, 2.05) is 17.0 Å². The number of amides is 2. The monoisotopic (exact) mass is 402 g/mol. The highest BCUT2D eigenvalue weighted by Crippen LogP contribution is 2.32. The van der Waals surface area contributed by atoms with E-state index >= 15 is 0 Å². The zero-order chi connectivity index (χ0) is 20.2. The highest BCUT2D eigenvalue weighted by atomic mass is 19.3. The quantitative estimate of drug-likeness (QED) is 0.849. The Kier molecular flexibility index (Phi) is 5.78. The Morgan fingerprint density at radius 2 is 1.90 bits per heavy atom. The third-order valence-electron chi connectivity index (χ3n) is 5.55. The molecule has 2 amide bonds. The van der Waals surface area contributed by atoms with E-state index < -0.39 is 6.61 Å². The first-order valence-corrected chi connectivity index (χ1v) is 9.88. The van der Waals surface area contributed by atoms with Gasteiger partial charge in [0.2, 0.25) is 0 Å². The van der Waals surface area contributed by atoms with Crippen molar-refractivity contribution in [3.63, 3.8) is 0 Å². The average Bonchev–Trinajstić information content (AvgIpc) is 2.74. The molecule has 29 heavy (non-hydrogen) atoms. The summed E-state index contributed by atoms with van der Waals surface area (Å²) in [5.41, 5.74) is 3.06. The van der Waals surface area contributed by atoms with Crippen LogP contribution in [0.25, 0.3) is 0 Å². The summed E-state index contributed by atoms with van der Waals surface area (Å²) < 4.78 is 29.4. The Labute approximate surface area is 168 Å². The minimum atomic E-state index is -2.84. The van der Waals surface area contributed by atoms with E-state index in [-0.39, 0.29) is 17.8 Å². The Hall–Kier alpha value is -2.90. The van der Waals surface area contributed by atoms with Gasteiger partial charge in [0.25, 0.3) is 0 Å². The second kappa shape index (κ2) is 8.63. The molecule has 1 N–H and O–H groups in total. The number of carbonyl (C=O) groups excluding carboxylic acids is 1. The summed E-state index contributed by atoms with van der Waals surface area (Å²) in [7, 11) is 0. The number of piperazine rings is 1. The van der Waals surface area contributed by atoms with E-state index in [0.29, 0.717) is 13.1 Å². The maximum atomic E-state index is 12.8. The van der Waals surface area contributed by atoms with Crippen molar-refractivity contribution >= 4 is 11.7 Å². The number of aromatic nitrogens is 1. The zero-order valence-electron chi connectivity index (χ0n) is 16.1. The highest BCUT2D eigenvalue weighted by Gasteiger charge is 2.26. The molecule has 0 bridgehead atoms. The Morgan fingerprint density at radius 3 is 2.62 bits per heavy atom. The Balaban J connectivity index is 1.36. The number of halogens is 2. The van der Waals surface area contributed by atoms with Gasteiger partial charge in [0.15, 0.2) is 0 Å². The second-order valence-corrected chi connectivity index (χ2v) is 7.31. The van der Waals surface area contributed by atoms with E-state index in [0.717, 1.165) is 49.2 Å². The molecule has 2 aliphatic rings. The molecule has 2 aromatic rings. The van der Waals surface area contributed by atoms with E-state index in [2.05, 4.69) is 19.9 Å². The minimum absolute atomic E-state index is 0.0786. The number of fused-ring (bicyclic) bond motifs is 1. The molecule has 1 saturated heterocycles. The van der Waals surface area contributed by atoms with Crippen LogP contribution in [0.15, 0.2) is 42.7 Å². The van der Waals surface area contributed by atoms with Crippen molar-refractivity contribution in [2.45, 2.75) is 31.9 Å². The van der Waals surface area contributed by atoms with Gasteiger partial charge in [0.1, 0.15) is 5.75 Å². The number of alkyl halides is 2. The molecular formula is C21H24F2N4O2. The summed E-state index contributed by atoms with van der Waals surface area (Å²) in [6, 6.07) is 8.76. The SMILES string of the molecule is O=C(NC1CCCc2cc(OC(F)F)ccc21)N1CCN(c2ccncc2)CC1. The van der Waals surface area contributed by atoms with Crippen LogP contribution in [-0.4, -0.2) is 48.7 Å². The Morgan fingerprint density at radius 1 is 1.14 bits per heavy atom. The number of carbonyl (C=O) groups is 1. The molecular weight excluding hydrogens is 378 g/mol. The first-order chi connectivity index (χ1) is 14.1. The molecule has 1 aliphatic heterocycles. The van der Waals surface area contributed by atoms with Gasteiger partial charge < -0.3 is 19.9 Å². The van der Waals surface area contributed by atoms with Crippen LogP contribution < -0.4 is 15.0 Å². The molecule has 1 aliphatic carbocycles. The topological polar surface area (TPSA) is 57.7 Å². The lowest BCUT2D eigenvalue weighted by molar-refractivity contribution is -0.0499. The van der Waals surface area contributed by atoms with Crippen LogP contribution in [-0.2, 0) is 6.42 Å². The lowest BCUT2D eigenvalue weighted by Crippen LogP contribution is -2.52. The molecule has 0 radical (unpaired) electrons. The van der Waals surface area contributed by atoms with Gasteiger partial charge in [-0.2, -0.15) is 8.78 Å². The number of aryl methyl sites for hydroxylation is 1. The highest BCUT2D eigenvalue weighted by molar-refractivity contribution is 5.75. The predicted octanol–water partition coefficient (Wildman–Crippen LogP) is 3.59. The number of urea groups is 1. The fourth-order valence-electron chi connectivity index (χ4n) is 4.08. The smallest absolute Gasteiger partial charge is 0.387 e. The second-order valence-electron chi connectivity index (χ2n) is 7.31. The number of hydrogen-bond donors (Lipinski definition) is 1. The number of nitrogens with zero attached hydrogens (tertiary/aromatic N) is 3. The number of hydrogen-bond acceptors (Lipinski definition) is 4. The standard InChI is InChI=1S/C21H24F2N4O2/c22-20(23)29-17-4-5-18-15(14-17)2-1-3-19(18)25-21(28)27-12-10-26(11-13-27)16-6-8-24-9-7-16/h4-9,14,19-20H,1-3,10-13H2,(H,25,28). The molecule has 1 unspecified atom stereocenters. The molecule has 1 fully saturated rings. The number of rotatable bonds is 4. The fraction of sp³-hybridized carbons (Fsp3) is 0.429. The molecule has 0 spiro atoms. The van der Waals surface area contributed by atoms with Crippen LogP contribution in [0.5, 0.6) is 5.75 Å². The number of benzene rings is 1. The summed E-state index contributed by atoms with van der Waals surface area (Å²) in [6.45, 7) is 0.00190. The third kappa shape index (κ3) is 4.58. The fourth-order valence-corrected chi connectivity index (χ4v) is 4.08. The van der Waals surface area contributed by atoms with Crippen LogP contribution in [0, 0.1) is 0 Å².